The van der Waals surface area contributed by atoms with E-state index >= 15 is 0 Å². The molecule has 1 atom stereocenters. The number of rotatable bonds is 3. The lowest BCUT2D eigenvalue weighted by molar-refractivity contribution is -0.124. The van der Waals surface area contributed by atoms with Gasteiger partial charge in [-0.3, -0.25) is 4.79 Å². The molecule has 1 rings (SSSR count). The average molecular weight is 205 g/mol. The van der Waals surface area contributed by atoms with Crippen LogP contribution in [0.4, 0.5) is 0 Å². The minimum absolute atomic E-state index is 0.0397. The maximum absolute atomic E-state index is 11.5. The third-order valence-electron chi connectivity index (χ3n) is 2.46. The summed E-state index contributed by atoms with van der Waals surface area (Å²) in [5, 5.41) is 2.98. The normalized spacial score (nSPS) is 12.6. The Morgan fingerprint density at radius 1 is 1.13 bits per heavy atom. The van der Waals surface area contributed by atoms with Gasteiger partial charge >= 0.3 is 0 Å². The van der Waals surface area contributed by atoms with Gasteiger partial charge in [0.15, 0.2) is 0 Å². The predicted molar refractivity (Wildman–Crippen MR) is 62.6 cm³/mol. The van der Waals surface area contributed by atoms with Gasteiger partial charge in [0.2, 0.25) is 5.91 Å². The van der Waals surface area contributed by atoms with E-state index in [1.807, 2.05) is 20.8 Å². The molecular formula is C13H19NO. The smallest absolute Gasteiger partial charge is 0.223 e. The fourth-order valence-electron chi connectivity index (χ4n) is 1.32. The van der Waals surface area contributed by atoms with Crippen molar-refractivity contribution in [2.24, 2.45) is 5.92 Å². The first-order chi connectivity index (χ1) is 7.00. The summed E-state index contributed by atoms with van der Waals surface area (Å²) in [4.78, 5) is 11.5. The molecule has 0 aliphatic rings. The standard InChI is InChI=1S/C13H19NO/c1-9(2)13(15)14-11(4)12-7-5-10(3)6-8-12/h5-9,11H,1-4H3,(H,14,15)/t11-/m0/s1. The summed E-state index contributed by atoms with van der Waals surface area (Å²) in [5.74, 6) is 0.140. The first-order valence-electron chi connectivity index (χ1n) is 5.37. The second-order valence-corrected chi connectivity index (χ2v) is 4.30. The van der Waals surface area contributed by atoms with Crippen LogP contribution in [-0.2, 0) is 4.79 Å². The van der Waals surface area contributed by atoms with E-state index in [1.165, 1.54) is 5.56 Å². The fourth-order valence-corrected chi connectivity index (χ4v) is 1.32. The molecular weight excluding hydrogens is 186 g/mol. The maximum Gasteiger partial charge on any atom is 0.223 e. The van der Waals surface area contributed by atoms with Gasteiger partial charge < -0.3 is 5.32 Å². The zero-order valence-electron chi connectivity index (χ0n) is 9.87. The SMILES string of the molecule is Cc1ccc([C@H](C)NC(=O)C(C)C)cc1. The van der Waals surface area contributed by atoms with Gasteiger partial charge in [0.1, 0.15) is 0 Å². The Kier molecular flexibility index (Phi) is 3.89. The molecule has 0 aromatic heterocycles. The van der Waals surface area contributed by atoms with Gasteiger partial charge in [0, 0.05) is 5.92 Å². The Labute approximate surface area is 91.7 Å². The van der Waals surface area contributed by atoms with Crippen molar-refractivity contribution in [1.29, 1.82) is 0 Å². The van der Waals surface area contributed by atoms with Crippen molar-refractivity contribution in [2.45, 2.75) is 33.7 Å². The van der Waals surface area contributed by atoms with E-state index in [-0.39, 0.29) is 17.9 Å². The molecule has 2 heteroatoms. The van der Waals surface area contributed by atoms with E-state index in [0.717, 1.165) is 5.56 Å². The molecule has 15 heavy (non-hydrogen) atoms. The molecule has 0 bridgehead atoms. The lowest BCUT2D eigenvalue weighted by Crippen LogP contribution is -2.30. The summed E-state index contributed by atoms with van der Waals surface area (Å²) in [6.45, 7) is 7.86. The van der Waals surface area contributed by atoms with Crippen LogP contribution in [0.25, 0.3) is 0 Å². The summed E-state index contributed by atoms with van der Waals surface area (Å²) in [5.41, 5.74) is 2.38. The average Bonchev–Trinajstić information content (AvgIpc) is 2.18. The molecule has 0 fully saturated rings. The van der Waals surface area contributed by atoms with Crippen molar-refractivity contribution in [1.82, 2.24) is 5.32 Å². The van der Waals surface area contributed by atoms with Gasteiger partial charge in [0.05, 0.1) is 6.04 Å². The number of hydrogen-bond donors (Lipinski definition) is 1. The number of nitrogens with one attached hydrogen (secondary N) is 1. The molecule has 1 amide bonds. The molecule has 1 aromatic carbocycles. The minimum Gasteiger partial charge on any atom is -0.349 e. The molecule has 1 aromatic rings. The highest BCUT2D eigenvalue weighted by Gasteiger charge is 2.11. The lowest BCUT2D eigenvalue weighted by atomic mass is 10.1. The highest BCUT2D eigenvalue weighted by Crippen LogP contribution is 2.13. The van der Waals surface area contributed by atoms with Crippen LogP contribution >= 0.6 is 0 Å². The molecule has 0 aliphatic heterocycles. The quantitative estimate of drug-likeness (QED) is 0.807. The van der Waals surface area contributed by atoms with Crippen LogP contribution in [0.5, 0.6) is 0 Å². The first kappa shape index (κ1) is 11.8. The number of benzene rings is 1. The van der Waals surface area contributed by atoms with E-state index in [0.29, 0.717) is 0 Å². The van der Waals surface area contributed by atoms with Crippen LogP contribution < -0.4 is 5.32 Å². The molecule has 0 saturated carbocycles. The van der Waals surface area contributed by atoms with Crippen LogP contribution in [0.2, 0.25) is 0 Å². The zero-order valence-corrected chi connectivity index (χ0v) is 9.87. The Balaban J connectivity index is 2.65. The summed E-state index contributed by atoms with van der Waals surface area (Å²) in [7, 11) is 0. The Bertz CT molecular complexity index is 327. The maximum atomic E-state index is 11.5. The van der Waals surface area contributed by atoms with Crippen molar-refractivity contribution in [3.05, 3.63) is 35.4 Å². The van der Waals surface area contributed by atoms with Crippen LogP contribution in [0.1, 0.15) is 37.9 Å². The number of hydrogen-bond acceptors (Lipinski definition) is 1. The third-order valence-corrected chi connectivity index (χ3v) is 2.46. The lowest BCUT2D eigenvalue weighted by Gasteiger charge is -2.16. The number of amides is 1. The third kappa shape index (κ3) is 3.39. The van der Waals surface area contributed by atoms with Gasteiger partial charge in [-0.1, -0.05) is 43.7 Å². The Morgan fingerprint density at radius 2 is 1.67 bits per heavy atom. The van der Waals surface area contributed by atoms with E-state index in [9.17, 15) is 4.79 Å². The molecule has 0 saturated heterocycles. The Morgan fingerprint density at radius 3 is 2.13 bits per heavy atom. The molecule has 0 heterocycles. The van der Waals surface area contributed by atoms with E-state index in [1.54, 1.807) is 0 Å². The molecule has 0 radical (unpaired) electrons. The minimum atomic E-state index is 0.0397. The molecule has 0 spiro atoms. The molecule has 82 valence electrons. The van der Waals surface area contributed by atoms with Crippen molar-refractivity contribution in [3.63, 3.8) is 0 Å². The molecule has 2 nitrogen and oxygen atoms in total. The van der Waals surface area contributed by atoms with Gasteiger partial charge in [-0.15, -0.1) is 0 Å². The van der Waals surface area contributed by atoms with Gasteiger partial charge in [-0.25, -0.2) is 0 Å². The summed E-state index contributed by atoms with van der Waals surface area (Å²) in [6, 6.07) is 8.32. The van der Waals surface area contributed by atoms with Crippen molar-refractivity contribution in [3.8, 4) is 0 Å². The largest absolute Gasteiger partial charge is 0.349 e. The number of carbonyl (C=O) groups is 1. The van der Waals surface area contributed by atoms with Crippen molar-refractivity contribution < 1.29 is 4.79 Å². The molecule has 0 unspecified atom stereocenters. The van der Waals surface area contributed by atoms with Crippen LogP contribution in [0.15, 0.2) is 24.3 Å². The summed E-state index contributed by atoms with van der Waals surface area (Å²) in [6.07, 6.45) is 0. The zero-order chi connectivity index (χ0) is 11.4. The van der Waals surface area contributed by atoms with E-state index < -0.39 is 0 Å². The van der Waals surface area contributed by atoms with Crippen LogP contribution in [0, 0.1) is 12.8 Å². The van der Waals surface area contributed by atoms with Crippen LogP contribution in [0.3, 0.4) is 0 Å². The second-order valence-electron chi connectivity index (χ2n) is 4.30. The monoisotopic (exact) mass is 205 g/mol. The molecule has 1 N–H and O–H groups in total. The summed E-state index contributed by atoms with van der Waals surface area (Å²) >= 11 is 0. The fraction of sp³-hybridized carbons (Fsp3) is 0.462. The predicted octanol–water partition coefficient (Wildman–Crippen LogP) is 2.83. The highest BCUT2D eigenvalue weighted by atomic mass is 16.1. The molecule has 0 aliphatic carbocycles. The van der Waals surface area contributed by atoms with Gasteiger partial charge in [0.25, 0.3) is 0 Å². The van der Waals surface area contributed by atoms with E-state index in [2.05, 4.69) is 36.5 Å². The second kappa shape index (κ2) is 4.96. The van der Waals surface area contributed by atoms with Crippen LogP contribution in [-0.4, -0.2) is 5.91 Å². The summed E-state index contributed by atoms with van der Waals surface area (Å²) < 4.78 is 0. The number of carbonyl (C=O) groups excluding carboxylic acids is 1. The first-order valence-corrected chi connectivity index (χ1v) is 5.37. The van der Waals surface area contributed by atoms with E-state index in [4.69, 9.17) is 0 Å². The van der Waals surface area contributed by atoms with Crippen molar-refractivity contribution in [2.75, 3.05) is 0 Å². The number of aryl methyl sites for hydroxylation is 1. The Hall–Kier alpha value is -1.31. The van der Waals surface area contributed by atoms with Gasteiger partial charge in [-0.05, 0) is 19.4 Å². The van der Waals surface area contributed by atoms with Crippen molar-refractivity contribution >= 4 is 5.91 Å². The van der Waals surface area contributed by atoms with Gasteiger partial charge in [-0.2, -0.15) is 0 Å². The highest BCUT2D eigenvalue weighted by molar-refractivity contribution is 5.78. The topological polar surface area (TPSA) is 29.1 Å².